The van der Waals surface area contributed by atoms with Gasteiger partial charge in [0.2, 0.25) is 5.78 Å². The second-order valence-corrected chi connectivity index (χ2v) is 8.46. The largest absolute Gasteiger partial charge is 0.392 e. The number of hydrogen-bond acceptors (Lipinski definition) is 4. The third-order valence-corrected chi connectivity index (χ3v) is 7.65. The fraction of sp³-hybridized carbons (Fsp3) is 0.737. The van der Waals surface area contributed by atoms with E-state index >= 15 is 0 Å². The van der Waals surface area contributed by atoms with Gasteiger partial charge in [0.1, 0.15) is 0 Å². The molecular weight excluding hydrogens is 292 g/mol. The minimum atomic E-state index is -0.889. The lowest BCUT2D eigenvalue weighted by atomic mass is 9.47. The quantitative estimate of drug-likeness (QED) is 0.696. The van der Waals surface area contributed by atoms with Crippen LogP contribution in [0.15, 0.2) is 11.6 Å². The molecule has 23 heavy (non-hydrogen) atoms. The Labute approximate surface area is 136 Å². The molecule has 124 valence electrons. The summed E-state index contributed by atoms with van der Waals surface area (Å²) in [6.45, 7) is 4.01. The molecule has 6 atom stereocenters. The monoisotopic (exact) mass is 316 g/mol. The van der Waals surface area contributed by atoms with Gasteiger partial charge in [0, 0.05) is 12.8 Å². The first-order valence-corrected chi connectivity index (χ1v) is 8.78. The summed E-state index contributed by atoms with van der Waals surface area (Å²) in [5, 5.41) is 10.8. The van der Waals surface area contributed by atoms with Crippen molar-refractivity contribution < 1.29 is 19.5 Å². The Hall–Kier alpha value is -1.29. The fourth-order valence-electron chi connectivity index (χ4n) is 6.12. The van der Waals surface area contributed by atoms with Crippen molar-refractivity contribution in [2.45, 2.75) is 58.5 Å². The standard InChI is InChI=1S/C19H24O4/c1-18-6-5-11(20)7-10(18)3-4-12-13(18)9-16(22)19(2)14(12)8-15(21)17(19)23/h7,12-14,16,22H,3-6,8-9H2,1-2H3/t12-,13+,14+,16+,18+,19-/m1/s1. The Morgan fingerprint density at radius 1 is 1.13 bits per heavy atom. The number of fused-ring (bicyclic) bond motifs is 5. The Balaban J connectivity index is 1.76. The van der Waals surface area contributed by atoms with Crippen LogP contribution >= 0.6 is 0 Å². The summed E-state index contributed by atoms with van der Waals surface area (Å²) >= 11 is 0. The Kier molecular flexibility index (Phi) is 3.07. The van der Waals surface area contributed by atoms with Crippen molar-refractivity contribution in [3.8, 4) is 0 Å². The fourth-order valence-corrected chi connectivity index (χ4v) is 6.12. The highest BCUT2D eigenvalue weighted by Crippen LogP contribution is 2.63. The van der Waals surface area contributed by atoms with Crippen LogP contribution in [-0.2, 0) is 14.4 Å². The van der Waals surface area contributed by atoms with Crippen molar-refractivity contribution in [2.75, 3.05) is 0 Å². The first kappa shape index (κ1) is 15.3. The first-order chi connectivity index (χ1) is 10.8. The average Bonchev–Trinajstić information content (AvgIpc) is 2.74. The smallest absolute Gasteiger partial charge is 0.207 e. The number of Topliss-reactive ketones (excluding diaryl/α,β-unsaturated/α-hetero) is 2. The van der Waals surface area contributed by atoms with E-state index in [1.54, 1.807) is 6.92 Å². The third-order valence-electron chi connectivity index (χ3n) is 7.65. The summed E-state index contributed by atoms with van der Waals surface area (Å²) in [5.74, 6) is 0.0772. The molecule has 0 aliphatic heterocycles. The van der Waals surface area contributed by atoms with E-state index in [4.69, 9.17) is 0 Å². The number of carbonyl (C=O) groups excluding carboxylic acids is 3. The van der Waals surface area contributed by atoms with E-state index in [1.807, 2.05) is 6.08 Å². The molecule has 0 amide bonds. The van der Waals surface area contributed by atoms with Crippen molar-refractivity contribution >= 4 is 17.3 Å². The summed E-state index contributed by atoms with van der Waals surface area (Å²) in [4.78, 5) is 36.2. The van der Waals surface area contributed by atoms with E-state index in [1.165, 1.54) is 5.57 Å². The summed E-state index contributed by atoms with van der Waals surface area (Å²) < 4.78 is 0. The first-order valence-electron chi connectivity index (χ1n) is 8.78. The normalized spacial score (nSPS) is 49.3. The summed E-state index contributed by atoms with van der Waals surface area (Å²) in [7, 11) is 0. The number of allylic oxidation sites excluding steroid dienone is 1. The maximum Gasteiger partial charge on any atom is 0.207 e. The molecule has 4 heteroatoms. The Morgan fingerprint density at radius 3 is 2.61 bits per heavy atom. The lowest BCUT2D eigenvalue weighted by molar-refractivity contribution is -0.153. The molecule has 3 saturated carbocycles. The van der Waals surface area contributed by atoms with Crippen LogP contribution in [0.4, 0.5) is 0 Å². The van der Waals surface area contributed by atoms with E-state index in [9.17, 15) is 19.5 Å². The molecule has 0 heterocycles. The minimum absolute atomic E-state index is 0.0350. The number of ketones is 3. The van der Waals surface area contributed by atoms with E-state index < -0.39 is 11.5 Å². The van der Waals surface area contributed by atoms with E-state index in [0.717, 1.165) is 19.3 Å². The van der Waals surface area contributed by atoms with Crippen LogP contribution in [0, 0.1) is 28.6 Å². The number of aliphatic hydroxyl groups is 1. The predicted molar refractivity (Wildman–Crippen MR) is 83.5 cm³/mol. The summed E-state index contributed by atoms with van der Waals surface area (Å²) in [6, 6.07) is 0. The topological polar surface area (TPSA) is 71.4 Å². The Morgan fingerprint density at radius 2 is 1.87 bits per heavy atom. The van der Waals surface area contributed by atoms with Crippen LogP contribution in [-0.4, -0.2) is 28.6 Å². The van der Waals surface area contributed by atoms with Gasteiger partial charge in [-0.05, 0) is 61.9 Å². The molecule has 4 rings (SSSR count). The second kappa shape index (κ2) is 4.62. The average molecular weight is 316 g/mol. The number of carbonyl (C=O) groups is 3. The highest BCUT2D eigenvalue weighted by Gasteiger charge is 2.64. The molecule has 0 aromatic heterocycles. The van der Waals surface area contributed by atoms with Crippen molar-refractivity contribution in [2.24, 2.45) is 28.6 Å². The zero-order valence-electron chi connectivity index (χ0n) is 13.8. The number of aliphatic hydroxyl groups excluding tert-OH is 1. The zero-order chi connectivity index (χ0) is 16.6. The summed E-state index contributed by atoms with van der Waals surface area (Å²) in [5.41, 5.74) is 0.273. The summed E-state index contributed by atoms with van der Waals surface area (Å²) in [6.07, 6.45) is 5.14. The SMILES string of the molecule is C[C@@]12C(=O)C(=O)C[C@H]1[C@@H]1CCC3=CC(=O)CC[C@]3(C)[C@H]1C[C@@H]2O. The molecule has 0 unspecified atom stereocenters. The van der Waals surface area contributed by atoms with Crippen molar-refractivity contribution in [1.82, 2.24) is 0 Å². The second-order valence-electron chi connectivity index (χ2n) is 8.46. The molecular formula is C19H24O4. The maximum absolute atomic E-state index is 12.4. The van der Waals surface area contributed by atoms with Crippen LogP contribution in [0.2, 0.25) is 0 Å². The van der Waals surface area contributed by atoms with Gasteiger partial charge < -0.3 is 5.11 Å². The van der Waals surface area contributed by atoms with Crippen molar-refractivity contribution in [1.29, 1.82) is 0 Å². The molecule has 0 saturated heterocycles. The van der Waals surface area contributed by atoms with Gasteiger partial charge in [-0.2, -0.15) is 0 Å². The molecule has 0 bridgehead atoms. The van der Waals surface area contributed by atoms with Crippen LogP contribution in [0.3, 0.4) is 0 Å². The zero-order valence-corrected chi connectivity index (χ0v) is 13.8. The van der Waals surface area contributed by atoms with E-state index in [2.05, 4.69) is 6.92 Å². The molecule has 4 aliphatic carbocycles. The molecule has 4 aliphatic rings. The molecule has 4 nitrogen and oxygen atoms in total. The van der Waals surface area contributed by atoms with Gasteiger partial charge >= 0.3 is 0 Å². The van der Waals surface area contributed by atoms with Crippen LogP contribution in [0.25, 0.3) is 0 Å². The van der Waals surface area contributed by atoms with Crippen molar-refractivity contribution in [3.63, 3.8) is 0 Å². The molecule has 0 aromatic carbocycles. The minimum Gasteiger partial charge on any atom is -0.392 e. The predicted octanol–water partition coefficient (Wildman–Crippen LogP) is 2.24. The molecule has 1 N–H and O–H groups in total. The molecule has 0 aromatic rings. The highest BCUT2D eigenvalue weighted by molar-refractivity contribution is 6.41. The lowest BCUT2D eigenvalue weighted by Crippen LogP contribution is -2.56. The van der Waals surface area contributed by atoms with Gasteiger partial charge in [0.15, 0.2) is 11.6 Å². The van der Waals surface area contributed by atoms with E-state index in [0.29, 0.717) is 25.2 Å². The lowest BCUT2D eigenvalue weighted by Gasteiger charge is -2.57. The van der Waals surface area contributed by atoms with Gasteiger partial charge in [-0.3, -0.25) is 14.4 Å². The highest BCUT2D eigenvalue weighted by atomic mass is 16.3. The molecule has 3 fully saturated rings. The van der Waals surface area contributed by atoms with Crippen LogP contribution in [0.1, 0.15) is 52.4 Å². The third kappa shape index (κ3) is 1.79. The van der Waals surface area contributed by atoms with Gasteiger partial charge in [0.05, 0.1) is 11.5 Å². The Bertz CT molecular complexity index is 648. The van der Waals surface area contributed by atoms with Gasteiger partial charge in [0.25, 0.3) is 0 Å². The maximum atomic E-state index is 12.4. The van der Waals surface area contributed by atoms with E-state index in [-0.39, 0.29) is 34.6 Å². The van der Waals surface area contributed by atoms with Crippen LogP contribution < -0.4 is 0 Å². The number of hydrogen-bond donors (Lipinski definition) is 1. The van der Waals surface area contributed by atoms with Gasteiger partial charge in [-0.25, -0.2) is 0 Å². The molecule has 0 radical (unpaired) electrons. The molecule has 0 spiro atoms. The van der Waals surface area contributed by atoms with Crippen LogP contribution in [0.5, 0.6) is 0 Å². The van der Waals surface area contributed by atoms with Crippen molar-refractivity contribution in [3.05, 3.63) is 11.6 Å². The van der Waals surface area contributed by atoms with Gasteiger partial charge in [-0.1, -0.05) is 12.5 Å². The van der Waals surface area contributed by atoms with Gasteiger partial charge in [-0.15, -0.1) is 0 Å². The number of rotatable bonds is 0.